The summed E-state index contributed by atoms with van der Waals surface area (Å²) < 4.78 is 31.4. The Bertz CT molecular complexity index is 540. The van der Waals surface area contributed by atoms with Crippen LogP contribution in [0.5, 0.6) is 0 Å². The second kappa shape index (κ2) is 6.67. The van der Waals surface area contributed by atoms with Gasteiger partial charge in [0, 0.05) is 20.2 Å². The van der Waals surface area contributed by atoms with Crippen LogP contribution < -0.4 is 0 Å². The van der Waals surface area contributed by atoms with E-state index in [1.54, 1.807) is 19.2 Å². The van der Waals surface area contributed by atoms with Crippen LogP contribution in [0.2, 0.25) is 0 Å². The summed E-state index contributed by atoms with van der Waals surface area (Å²) in [5, 5.41) is 9.07. The second-order valence-corrected chi connectivity index (χ2v) is 7.20. The van der Waals surface area contributed by atoms with Gasteiger partial charge in [0.2, 0.25) is 10.0 Å². The number of benzene rings is 1. The second-order valence-electron chi connectivity index (χ2n) is 5.15. The Morgan fingerprint density at radius 3 is 2.80 bits per heavy atom. The van der Waals surface area contributed by atoms with Crippen LogP contribution in [-0.2, 0) is 21.4 Å². The Morgan fingerprint density at radius 1 is 1.40 bits per heavy atom. The predicted molar refractivity (Wildman–Crippen MR) is 75.7 cm³/mol. The third-order valence-corrected chi connectivity index (χ3v) is 5.24. The Balaban J connectivity index is 1.92. The average molecular weight is 299 g/mol. The SMILES string of the molecule is CN(CCOCC1CC1)S(=O)(=O)c1cccc(CO)c1. The van der Waals surface area contributed by atoms with Crippen molar-refractivity contribution in [3.05, 3.63) is 29.8 Å². The van der Waals surface area contributed by atoms with E-state index in [1.807, 2.05) is 0 Å². The molecule has 0 aliphatic heterocycles. The number of sulfonamides is 1. The van der Waals surface area contributed by atoms with Crippen molar-refractivity contribution in [3.63, 3.8) is 0 Å². The molecular weight excluding hydrogens is 278 g/mol. The van der Waals surface area contributed by atoms with Gasteiger partial charge in [-0.15, -0.1) is 0 Å². The van der Waals surface area contributed by atoms with Gasteiger partial charge in [0.1, 0.15) is 0 Å². The third-order valence-electron chi connectivity index (χ3n) is 3.39. The zero-order valence-electron chi connectivity index (χ0n) is 11.7. The lowest BCUT2D eigenvalue weighted by Gasteiger charge is -2.17. The molecule has 0 aromatic heterocycles. The molecule has 1 aromatic carbocycles. The predicted octanol–water partition coefficient (Wildman–Crippen LogP) is 1.23. The first-order valence-electron chi connectivity index (χ1n) is 6.78. The van der Waals surface area contributed by atoms with Gasteiger partial charge in [-0.1, -0.05) is 12.1 Å². The molecular formula is C14H21NO4S. The summed E-state index contributed by atoms with van der Waals surface area (Å²) in [7, 11) is -1.97. The van der Waals surface area contributed by atoms with Gasteiger partial charge in [0.25, 0.3) is 0 Å². The molecule has 0 saturated heterocycles. The highest BCUT2D eigenvalue weighted by atomic mass is 32.2. The Kier molecular flexibility index (Phi) is 5.15. The number of hydrogen-bond acceptors (Lipinski definition) is 4. The number of likely N-dealkylation sites (N-methyl/N-ethyl adjacent to an activating group) is 1. The lowest BCUT2D eigenvalue weighted by Crippen LogP contribution is -2.30. The van der Waals surface area contributed by atoms with E-state index in [0.29, 0.717) is 24.6 Å². The normalized spacial score (nSPS) is 15.8. The minimum atomic E-state index is -3.51. The highest BCUT2D eigenvalue weighted by Gasteiger charge is 2.23. The molecule has 0 unspecified atom stereocenters. The molecule has 1 saturated carbocycles. The monoisotopic (exact) mass is 299 g/mol. The summed E-state index contributed by atoms with van der Waals surface area (Å²) >= 11 is 0. The Labute approximate surface area is 120 Å². The molecule has 0 heterocycles. The van der Waals surface area contributed by atoms with Gasteiger partial charge >= 0.3 is 0 Å². The van der Waals surface area contributed by atoms with Crippen LogP contribution in [0, 0.1) is 5.92 Å². The summed E-state index contributed by atoms with van der Waals surface area (Å²) in [6.07, 6.45) is 2.45. The van der Waals surface area contributed by atoms with Gasteiger partial charge in [-0.2, -0.15) is 4.31 Å². The number of hydrogen-bond donors (Lipinski definition) is 1. The van der Waals surface area contributed by atoms with Crippen molar-refractivity contribution in [3.8, 4) is 0 Å². The third kappa shape index (κ3) is 4.02. The van der Waals surface area contributed by atoms with Crippen LogP contribution in [0.1, 0.15) is 18.4 Å². The zero-order chi connectivity index (χ0) is 14.6. The van der Waals surface area contributed by atoms with Crippen molar-refractivity contribution in [2.75, 3.05) is 26.8 Å². The van der Waals surface area contributed by atoms with Crippen LogP contribution in [0.15, 0.2) is 29.2 Å². The molecule has 1 aromatic rings. The van der Waals surface area contributed by atoms with Crippen molar-refractivity contribution in [2.24, 2.45) is 5.92 Å². The first-order chi connectivity index (χ1) is 9.54. The van der Waals surface area contributed by atoms with Crippen molar-refractivity contribution in [1.29, 1.82) is 0 Å². The van der Waals surface area contributed by atoms with Gasteiger partial charge < -0.3 is 9.84 Å². The highest BCUT2D eigenvalue weighted by Crippen LogP contribution is 2.28. The summed E-state index contributed by atoms with van der Waals surface area (Å²) in [6, 6.07) is 6.36. The molecule has 1 aliphatic rings. The molecule has 0 spiro atoms. The van der Waals surface area contributed by atoms with E-state index >= 15 is 0 Å². The van der Waals surface area contributed by atoms with Crippen molar-refractivity contribution in [1.82, 2.24) is 4.31 Å². The van der Waals surface area contributed by atoms with Gasteiger partial charge in [0.05, 0.1) is 18.1 Å². The van der Waals surface area contributed by atoms with Crippen LogP contribution in [0.3, 0.4) is 0 Å². The average Bonchev–Trinajstić information content (AvgIpc) is 3.27. The highest BCUT2D eigenvalue weighted by molar-refractivity contribution is 7.89. The Hall–Kier alpha value is -0.950. The molecule has 20 heavy (non-hydrogen) atoms. The fraction of sp³-hybridized carbons (Fsp3) is 0.571. The number of rotatable bonds is 8. The van der Waals surface area contributed by atoms with Crippen LogP contribution in [0.25, 0.3) is 0 Å². The first kappa shape index (κ1) is 15.4. The summed E-state index contributed by atoms with van der Waals surface area (Å²) in [4.78, 5) is 0.203. The van der Waals surface area contributed by atoms with Crippen LogP contribution >= 0.6 is 0 Å². The zero-order valence-corrected chi connectivity index (χ0v) is 12.5. The topological polar surface area (TPSA) is 66.8 Å². The van der Waals surface area contributed by atoms with E-state index in [1.165, 1.54) is 29.3 Å². The number of aliphatic hydroxyl groups excluding tert-OH is 1. The minimum Gasteiger partial charge on any atom is -0.392 e. The summed E-state index contributed by atoms with van der Waals surface area (Å²) in [5.74, 6) is 0.679. The summed E-state index contributed by atoms with van der Waals surface area (Å²) in [6.45, 7) is 1.30. The van der Waals surface area contributed by atoms with E-state index in [9.17, 15) is 8.42 Å². The van der Waals surface area contributed by atoms with Crippen molar-refractivity contribution >= 4 is 10.0 Å². The molecule has 0 bridgehead atoms. The molecule has 2 rings (SSSR count). The van der Waals surface area contributed by atoms with Crippen molar-refractivity contribution < 1.29 is 18.3 Å². The maximum absolute atomic E-state index is 12.3. The van der Waals surface area contributed by atoms with E-state index in [-0.39, 0.29) is 11.5 Å². The number of aliphatic hydroxyl groups is 1. The maximum atomic E-state index is 12.3. The molecule has 6 heteroatoms. The van der Waals surface area contributed by atoms with Gasteiger partial charge in [0.15, 0.2) is 0 Å². The standard InChI is InChI=1S/C14H21NO4S/c1-15(7-8-19-11-12-5-6-12)20(17,18)14-4-2-3-13(9-14)10-16/h2-4,9,12,16H,5-8,10-11H2,1H3. The lowest BCUT2D eigenvalue weighted by molar-refractivity contribution is 0.117. The lowest BCUT2D eigenvalue weighted by atomic mass is 10.2. The molecule has 0 radical (unpaired) electrons. The summed E-state index contributed by atoms with van der Waals surface area (Å²) in [5.41, 5.74) is 0.587. The minimum absolute atomic E-state index is 0.169. The number of nitrogens with zero attached hydrogens (tertiary/aromatic N) is 1. The van der Waals surface area contributed by atoms with Crippen LogP contribution in [0.4, 0.5) is 0 Å². The van der Waals surface area contributed by atoms with Gasteiger partial charge in [-0.25, -0.2) is 8.42 Å². The molecule has 112 valence electrons. The van der Waals surface area contributed by atoms with E-state index in [0.717, 1.165) is 6.61 Å². The fourth-order valence-electron chi connectivity index (χ4n) is 1.83. The largest absolute Gasteiger partial charge is 0.392 e. The molecule has 5 nitrogen and oxygen atoms in total. The maximum Gasteiger partial charge on any atom is 0.242 e. The van der Waals surface area contributed by atoms with Gasteiger partial charge in [-0.3, -0.25) is 0 Å². The van der Waals surface area contributed by atoms with Crippen molar-refractivity contribution in [2.45, 2.75) is 24.3 Å². The molecule has 1 aliphatic carbocycles. The Morgan fingerprint density at radius 2 is 2.15 bits per heavy atom. The molecule has 1 fully saturated rings. The first-order valence-corrected chi connectivity index (χ1v) is 8.22. The quantitative estimate of drug-likeness (QED) is 0.733. The van der Waals surface area contributed by atoms with Crippen LogP contribution in [-0.4, -0.2) is 44.6 Å². The van der Waals surface area contributed by atoms with E-state index in [2.05, 4.69) is 0 Å². The molecule has 0 atom stereocenters. The smallest absolute Gasteiger partial charge is 0.242 e. The van der Waals surface area contributed by atoms with Gasteiger partial charge in [-0.05, 0) is 36.5 Å². The van der Waals surface area contributed by atoms with E-state index in [4.69, 9.17) is 9.84 Å². The molecule has 1 N–H and O–H groups in total. The molecule has 0 amide bonds. The van der Waals surface area contributed by atoms with E-state index < -0.39 is 10.0 Å². The number of ether oxygens (including phenoxy) is 1. The fourth-order valence-corrected chi connectivity index (χ4v) is 3.06.